The average Bonchev–Trinajstić information content (AvgIpc) is 2.30. The Morgan fingerprint density at radius 3 is 0.763 bits per heavy atom. The van der Waals surface area contributed by atoms with Gasteiger partial charge >= 0.3 is 39.5 Å². The van der Waals surface area contributed by atoms with E-state index in [4.69, 9.17) is 37.0 Å². The third kappa shape index (κ3) is 65.8. The summed E-state index contributed by atoms with van der Waals surface area (Å²) in [6.45, 7) is 9.47. The monoisotopic (exact) mass is 1370 g/mol. The van der Waals surface area contributed by atoms with Gasteiger partial charge in [0.05, 0.1) is 26.4 Å². The molecule has 0 rings (SSSR count). The van der Waals surface area contributed by atoms with Crippen LogP contribution in [-0.4, -0.2) is 96.7 Å². The van der Waals surface area contributed by atoms with Gasteiger partial charge in [0.25, 0.3) is 0 Å². The molecule has 7 atom stereocenters. The van der Waals surface area contributed by atoms with Crippen LogP contribution in [0.25, 0.3) is 0 Å². The molecule has 0 radical (unpaired) electrons. The van der Waals surface area contributed by atoms with Gasteiger partial charge in [0.1, 0.15) is 19.3 Å². The lowest BCUT2D eigenvalue weighted by Gasteiger charge is -2.21. The average molecular weight is 1370 g/mol. The molecule has 0 aromatic heterocycles. The molecule has 4 unspecified atom stereocenters. The van der Waals surface area contributed by atoms with Crippen molar-refractivity contribution in [2.24, 2.45) is 11.8 Å². The van der Waals surface area contributed by atoms with Crippen molar-refractivity contribution in [1.29, 1.82) is 0 Å². The third-order valence-electron chi connectivity index (χ3n) is 17.9. The van der Waals surface area contributed by atoms with Crippen LogP contribution in [0.3, 0.4) is 0 Å². The van der Waals surface area contributed by atoms with Crippen molar-refractivity contribution in [3.05, 3.63) is 0 Å². The van der Waals surface area contributed by atoms with E-state index < -0.39 is 97.5 Å². The first-order chi connectivity index (χ1) is 44.9. The zero-order valence-electron chi connectivity index (χ0n) is 60.6. The Labute approximate surface area is 568 Å². The van der Waals surface area contributed by atoms with Crippen LogP contribution in [0.5, 0.6) is 0 Å². The molecule has 17 nitrogen and oxygen atoms in total. The second kappa shape index (κ2) is 66.0. The molecular formula is C74H144O17P2. The van der Waals surface area contributed by atoms with E-state index in [1.807, 2.05) is 0 Å². The first kappa shape index (κ1) is 91.1. The largest absolute Gasteiger partial charge is 0.472 e. The number of unbranched alkanes of at least 4 members (excludes halogenated alkanes) is 41. The highest BCUT2D eigenvalue weighted by molar-refractivity contribution is 7.47. The van der Waals surface area contributed by atoms with Crippen molar-refractivity contribution >= 4 is 39.5 Å². The number of phosphoric ester groups is 2. The van der Waals surface area contributed by atoms with Gasteiger partial charge in [0.2, 0.25) is 0 Å². The van der Waals surface area contributed by atoms with E-state index in [0.29, 0.717) is 25.7 Å². The SMILES string of the molecule is CCCCCCCCCCCCCCCCCCCCCCCCC(=O)O[C@H](COC(=O)CCCCCCCCCCCCC)COP(=O)(O)OC[C@@H](O)COP(=O)(O)OC[C@@H](COC(=O)CCCCCCCCC(C)CC)OC(=O)CCCCCCCCC(C)CC. The van der Waals surface area contributed by atoms with Gasteiger partial charge in [-0.3, -0.25) is 37.3 Å². The lowest BCUT2D eigenvalue weighted by Crippen LogP contribution is -2.30. The number of esters is 4. The Morgan fingerprint density at radius 1 is 0.301 bits per heavy atom. The van der Waals surface area contributed by atoms with Crippen molar-refractivity contribution in [3.63, 3.8) is 0 Å². The number of aliphatic hydroxyl groups is 1. The number of aliphatic hydroxyl groups excluding tert-OH is 1. The highest BCUT2D eigenvalue weighted by Gasteiger charge is 2.30. The van der Waals surface area contributed by atoms with Crippen LogP contribution in [0.1, 0.15) is 382 Å². The number of rotatable bonds is 73. The third-order valence-corrected chi connectivity index (χ3v) is 19.8. The molecule has 0 fully saturated rings. The molecule has 93 heavy (non-hydrogen) atoms. The number of carbonyl (C=O) groups excluding carboxylic acids is 4. The molecule has 19 heteroatoms. The maximum absolute atomic E-state index is 13.1. The van der Waals surface area contributed by atoms with Gasteiger partial charge in [-0.2, -0.15) is 0 Å². The maximum atomic E-state index is 13.1. The molecule has 0 saturated heterocycles. The molecule has 3 N–H and O–H groups in total. The molecule has 0 amide bonds. The first-order valence-electron chi connectivity index (χ1n) is 38.6. The minimum absolute atomic E-state index is 0.102. The van der Waals surface area contributed by atoms with Crippen LogP contribution in [0.15, 0.2) is 0 Å². The summed E-state index contributed by atoms with van der Waals surface area (Å²) >= 11 is 0. The zero-order valence-corrected chi connectivity index (χ0v) is 62.3. The second-order valence-electron chi connectivity index (χ2n) is 27.2. The Hall–Kier alpha value is -1.94. The zero-order chi connectivity index (χ0) is 68.6. The molecular weight excluding hydrogens is 1220 g/mol. The molecule has 0 aliphatic heterocycles. The predicted octanol–water partition coefficient (Wildman–Crippen LogP) is 21.6. The smallest absolute Gasteiger partial charge is 0.462 e. The van der Waals surface area contributed by atoms with Crippen LogP contribution < -0.4 is 0 Å². The highest BCUT2D eigenvalue weighted by Crippen LogP contribution is 2.45. The van der Waals surface area contributed by atoms with Gasteiger partial charge in [0, 0.05) is 25.7 Å². The Morgan fingerprint density at radius 2 is 0.516 bits per heavy atom. The van der Waals surface area contributed by atoms with Crippen LogP contribution in [0.2, 0.25) is 0 Å². The summed E-state index contributed by atoms with van der Waals surface area (Å²) in [7, 11) is -9.90. The molecule has 0 aromatic rings. The standard InChI is InChI=1S/C74H144O17P2/c1-7-11-13-15-17-19-21-22-23-24-25-26-27-28-29-30-31-33-35-37-46-52-58-73(78)90-69(62-84-71(76)56-50-44-36-34-32-20-18-16-14-12-8-2)64-88-92(80,81)86-60-68(75)61-87-93(82,83)89-65-70(91-74(79)59-53-47-41-39-43-49-55-67(6)10-4)63-85-72(77)57-51-45-40-38-42-48-54-66(5)9-3/h66-70,75H,7-65H2,1-6H3,(H,80,81)(H,82,83)/t66?,67?,68-,69-,70-/m1/s1. The fourth-order valence-corrected chi connectivity index (χ4v) is 12.8. The van der Waals surface area contributed by atoms with Crippen molar-refractivity contribution < 1.29 is 80.2 Å². The maximum Gasteiger partial charge on any atom is 0.472 e. The molecule has 0 spiro atoms. The van der Waals surface area contributed by atoms with E-state index in [1.54, 1.807) is 0 Å². The minimum Gasteiger partial charge on any atom is -0.462 e. The van der Waals surface area contributed by atoms with Gasteiger partial charge in [-0.15, -0.1) is 0 Å². The van der Waals surface area contributed by atoms with E-state index >= 15 is 0 Å². The lowest BCUT2D eigenvalue weighted by molar-refractivity contribution is -0.161. The second-order valence-corrected chi connectivity index (χ2v) is 30.1. The van der Waals surface area contributed by atoms with Gasteiger partial charge in [-0.1, -0.05) is 330 Å². The van der Waals surface area contributed by atoms with Gasteiger partial charge < -0.3 is 33.8 Å². The lowest BCUT2D eigenvalue weighted by atomic mass is 10.00. The van der Waals surface area contributed by atoms with E-state index in [1.165, 1.54) is 193 Å². The van der Waals surface area contributed by atoms with E-state index in [9.17, 15) is 43.2 Å². The number of hydrogen-bond acceptors (Lipinski definition) is 15. The fraction of sp³-hybridized carbons (Fsp3) is 0.946. The minimum atomic E-state index is -4.95. The summed E-state index contributed by atoms with van der Waals surface area (Å²) in [5.41, 5.74) is 0. The number of phosphoric acid groups is 2. The van der Waals surface area contributed by atoms with Gasteiger partial charge in [-0.25, -0.2) is 9.13 Å². The van der Waals surface area contributed by atoms with Gasteiger partial charge in [0.15, 0.2) is 12.2 Å². The number of carbonyl (C=O) groups is 4. The first-order valence-corrected chi connectivity index (χ1v) is 41.6. The van der Waals surface area contributed by atoms with Crippen LogP contribution in [0.4, 0.5) is 0 Å². The summed E-state index contributed by atoms with van der Waals surface area (Å²) in [5, 5.41) is 10.6. The predicted molar refractivity (Wildman–Crippen MR) is 377 cm³/mol. The van der Waals surface area contributed by atoms with Crippen molar-refractivity contribution in [1.82, 2.24) is 0 Å². The Balaban J connectivity index is 5.15. The van der Waals surface area contributed by atoms with Crippen LogP contribution in [0, 0.1) is 11.8 Å². The molecule has 0 heterocycles. The van der Waals surface area contributed by atoms with E-state index in [-0.39, 0.29) is 25.7 Å². The van der Waals surface area contributed by atoms with Crippen molar-refractivity contribution in [2.45, 2.75) is 400 Å². The molecule has 0 bridgehead atoms. The summed E-state index contributed by atoms with van der Waals surface area (Å²) in [6.07, 6.45) is 53.0. The summed E-state index contributed by atoms with van der Waals surface area (Å²) < 4.78 is 68.3. The fourth-order valence-electron chi connectivity index (χ4n) is 11.2. The summed E-state index contributed by atoms with van der Waals surface area (Å²) in [5.74, 6) is -0.674. The quantitative estimate of drug-likeness (QED) is 0.0222. The van der Waals surface area contributed by atoms with Crippen LogP contribution >= 0.6 is 15.6 Å². The summed E-state index contributed by atoms with van der Waals surface area (Å²) in [4.78, 5) is 72.6. The summed E-state index contributed by atoms with van der Waals surface area (Å²) in [6, 6.07) is 0. The van der Waals surface area contributed by atoms with Crippen molar-refractivity contribution in [3.8, 4) is 0 Å². The number of ether oxygens (including phenoxy) is 4. The molecule has 0 aliphatic rings. The molecule has 0 saturated carbocycles. The molecule has 0 aliphatic carbocycles. The normalized spacial score (nSPS) is 14.6. The van der Waals surface area contributed by atoms with Crippen LogP contribution in [-0.2, 0) is 65.4 Å². The highest BCUT2D eigenvalue weighted by atomic mass is 31.2. The van der Waals surface area contributed by atoms with Gasteiger partial charge in [-0.05, 0) is 37.5 Å². The number of hydrogen-bond donors (Lipinski definition) is 3. The van der Waals surface area contributed by atoms with Crippen molar-refractivity contribution in [2.75, 3.05) is 39.6 Å². The molecule has 552 valence electrons. The topological polar surface area (TPSA) is 237 Å². The van der Waals surface area contributed by atoms with E-state index in [2.05, 4.69) is 41.5 Å². The Kier molecular flexibility index (Phi) is 64.6. The molecule has 0 aromatic carbocycles. The van der Waals surface area contributed by atoms with E-state index in [0.717, 1.165) is 108 Å². The Bertz CT molecular complexity index is 1810.